The number of nitrogens with zero attached hydrogens (tertiary/aromatic N) is 2. The van der Waals surface area contributed by atoms with E-state index in [0.29, 0.717) is 50.4 Å². The molecular weight excluding hydrogens is 508 g/mol. The predicted octanol–water partition coefficient (Wildman–Crippen LogP) is 7.52. The van der Waals surface area contributed by atoms with Gasteiger partial charge in [-0.05, 0) is 80.7 Å². The average Bonchev–Trinajstić information content (AvgIpc) is 3.33. The van der Waals surface area contributed by atoms with Gasteiger partial charge in [0.15, 0.2) is 0 Å². The fourth-order valence-electron chi connectivity index (χ4n) is 5.13. The third kappa shape index (κ3) is 9.51. The Balaban J connectivity index is 2.35. The molecule has 0 aromatic heterocycles. The SMILES string of the molecule is C=C/C=C/C=C(\C=C(/C)N=C(CCCCCO)N(C)C(C=C)C/C=C/F)CCC1(ON)CCc2c(F)cccc21. The number of rotatable bonds is 17. The smallest absolute Gasteiger partial charge is 0.126 e. The van der Waals surface area contributed by atoms with Crippen LogP contribution in [0.2, 0.25) is 0 Å². The molecule has 1 aromatic rings. The van der Waals surface area contributed by atoms with Gasteiger partial charge in [-0.2, -0.15) is 0 Å². The summed E-state index contributed by atoms with van der Waals surface area (Å²) >= 11 is 0. The Morgan fingerprint density at radius 2 is 2.05 bits per heavy atom. The number of hydrogen-bond donors (Lipinski definition) is 2. The molecule has 1 aliphatic rings. The minimum absolute atomic E-state index is 0.105. The molecule has 7 heteroatoms. The monoisotopic (exact) mass is 553 g/mol. The predicted molar refractivity (Wildman–Crippen MR) is 162 cm³/mol. The van der Waals surface area contributed by atoms with Gasteiger partial charge in [0.2, 0.25) is 0 Å². The Morgan fingerprint density at radius 1 is 1.25 bits per heavy atom. The van der Waals surface area contributed by atoms with Gasteiger partial charge < -0.3 is 10.0 Å². The van der Waals surface area contributed by atoms with Gasteiger partial charge in [0.1, 0.15) is 17.3 Å². The van der Waals surface area contributed by atoms with E-state index < -0.39 is 5.60 Å². The quantitative estimate of drug-likeness (QED) is 0.0523. The Hall–Kier alpha value is -3.13. The molecule has 0 amide bonds. The van der Waals surface area contributed by atoms with E-state index in [-0.39, 0.29) is 18.5 Å². The molecule has 2 atom stereocenters. The molecule has 0 saturated heterocycles. The Kier molecular flexibility index (Phi) is 14.5. The summed E-state index contributed by atoms with van der Waals surface area (Å²) < 4.78 is 27.1. The number of likely N-dealkylation sites (N-methyl/N-ethyl adjacent to an activating group) is 1. The first-order valence-corrected chi connectivity index (χ1v) is 14.0. The van der Waals surface area contributed by atoms with E-state index in [9.17, 15) is 13.9 Å². The highest BCUT2D eigenvalue weighted by molar-refractivity contribution is 5.83. The second kappa shape index (κ2) is 17.5. The molecule has 0 aliphatic heterocycles. The van der Waals surface area contributed by atoms with Crippen molar-refractivity contribution in [1.29, 1.82) is 0 Å². The zero-order chi connectivity index (χ0) is 29.4. The summed E-state index contributed by atoms with van der Waals surface area (Å²) in [7, 11) is 1.94. The van der Waals surface area contributed by atoms with Crippen molar-refractivity contribution < 1.29 is 18.7 Å². The fraction of sp³-hybridized carbons (Fsp3) is 0.424. The number of nitrogens with two attached hydrogens (primary N) is 1. The lowest BCUT2D eigenvalue weighted by Gasteiger charge is -2.29. The van der Waals surface area contributed by atoms with Crippen molar-refractivity contribution in [2.75, 3.05) is 13.7 Å². The first-order valence-electron chi connectivity index (χ1n) is 14.0. The Morgan fingerprint density at radius 3 is 2.73 bits per heavy atom. The number of aliphatic imine (C=N–C) groups is 1. The van der Waals surface area contributed by atoms with Gasteiger partial charge >= 0.3 is 0 Å². The minimum atomic E-state index is -0.747. The van der Waals surface area contributed by atoms with Crippen molar-refractivity contribution in [2.24, 2.45) is 10.9 Å². The molecule has 0 radical (unpaired) electrons. The number of fused-ring (bicyclic) bond motifs is 1. The summed E-state index contributed by atoms with van der Waals surface area (Å²) in [5.41, 5.74) is 2.58. The topological polar surface area (TPSA) is 71.1 Å². The van der Waals surface area contributed by atoms with Crippen molar-refractivity contribution in [2.45, 2.75) is 76.4 Å². The second-order valence-corrected chi connectivity index (χ2v) is 10.1. The summed E-state index contributed by atoms with van der Waals surface area (Å²) in [5.74, 6) is 6.47. The van der Waals surface area contributed by atoms with E-state index in [4.69, 9.17) is 15.7 Å². The van der Waals surface area contributed by atoms with Crippen molar-refractivity contribution >= 4 is 5.84 Å². The van der Waals surface area contributed by atoms with Gasteiger partial charge in [-0.25, -0.2) is 19.7 Å². The van der Waals surface area contributed by atoms with E-state index in [2.05, 4.69) is 13.2 Å². The van der Waals surface area contributed by atoms with Gasteiger partial charge in [-0.1, -0.05) is 61.6 Å². The molecule has 1 aromatic carbocycles. The highest BCUT2D eigenvalue weighted by Crippen LogP contribution is 2.44. The maximum absolute atomic E-state index is 14.4. The van der Waals surface area contributed by atoms with Gasteiger partial charge in [0.25, 0.3) is 0 Å². The van der Waals surface area contributed by atoms with Gasteiger partial charge in [0.05, 0.1) is 12.4 Å². The maximum Gasteiger partial charge on any atom is 0.126 e. The van der Waals surface area contributed by atoms with Gasteiger partial charge in [-0.15, -0.1) is 6.58 Å². The van der Waals surface area contributed by atoms with Crippen LogP contribution in [0.5, 0.6) is 0 Å². The lowest BCUT2D eigenvalue weighted by atomic mass is 9.88. The lowest BCUT2D eigenvalue weighted by molar-refractivity contribution is -0.0580. The minimum Gasteiger partial charge on any atom is -0.396 e. The molecule has 2 rings (SSSR count). The normalized spacial score (nSPS) is 18.9. The summed E-state index contributed by atoms with van der Waals surface area (Å²) in [5, 5.41) is 9.17. The van der Waals surface area contributed by atoms with Crippen LogP contribution in [0.1, 0.15) is 69.4 Å². The standard InChI is InChI=1S/C33H45F2N3O2/c1-5-7-9-14-27(19-21-33(40-36)22-20-29-30(33)16-12-17-31(29)35)25-26(3)37-32(18-10-8-11-24-39)38(4)28(6-2)15-13-23-34/h5-7,9,12-14,16-17,23,25,28,39H,1-2,8,10-11,15,18-22,24,36H2,3-4H3/b9-7+,23-13+,26-25+,27-14-,37-32?. The highest BCUT2D eigenvalue weighted by Gasteiger charge is 2.40. The average molecular weight is 554 g/mol. The molecule has 0 fully saturated rings. The first-order chi connectivity index (χ1) is 19.3. The highest BCUT2D eigenvalue weighted by atomic mass is 19.1. The van der Waals surface area contributed by atoms with E-state index in [1.54, 1.807) is 18.2 Å². The van der Waals surface area contributed by atoms with Crippen LogP contribution in [-0.4, -0.2) is 35.5 Å². The molecule has 5 nitrogen and oxygen atoms in total. The zero-order valence-corrected chi connectivity index (χ0v) is 24.0. The largest absolute Gasteiger partial charge is 0.396 e. The number of amidine groups is 1. The van der Waals surface area contributed by atoms with E-state index in [0.717, 1.165) is 41.9 Å². The van der Waals surface area contributed by atoms with Crippen LogP contribution in [0, 0.1) is 5.82 Å². The van der Waals surface area contributed by atoms with Crippen molar-refractivity contribution in [3.05, 3.63) is 108 Å². The molecule has 1 aliphatic carbocycles. The molecule has 2 unspecified atom stereocenters. The number of aliphatic hydroxyl groups is 1. The number of allylic oxidation sites excluding steroid dienone is 7. The molecule has 0 heterocycles. The third-order valence-electron chi connectivity index (χ3n) is 7.39. The van der Waals surface area contributed by atoms with E-state index in [1.807, 2.05) is 49.2 Å². The molecule has 40 heavy (non-hydrogen) atoms. The summed E-state index contributed by atoms with van der Waals surface area (Å²) in [4.78, 5) is 12.6. The summed E-state index contributed by atoms with van der Waals surface area (Å²) in [6.07, 6.45) is 19.5. The van der Waals surface area contributed by atoms with Crippen molar-refractivity contribution in [1.82, 2.24) is 4.90 Å². The second-order valence-electron chi connectivity index (χ2n) is 10.1. The van der Waals surface area contributed by atoms with Crippen LogP contribution >= 0.6 is 0 Å². The third-order valence-corrected chi connectivity index (χ3v) is 7.39. The number of aliphatic hydroxyl groups excluding tert-OH is 1. The number of halogens is 2. The molecule has 3 N–H and O–H groups in total. The zero-order valence-electron chi connectivity index (χ0n) is 24.0. The van der Waals surface area contributed by atoms with E-state index in [1.165, 1.54) is 12.1 Å². The van der Waals surface area contributed by atoms with Crippen LogP contribution in [0.25, 0.3) is 0 Å². The fourth-order valence-corrected chi connectivity index (χ4v) is 5.13. The van der Waals surface area contributed by atoms with Crippen molar-refractivity contribution in [3.63, 3.8) is 0 Å². The van der Waals surface area contributed by atoms with Crippen LogP contribution in [-0.2, 0) is 16.9 Å². The van der Waals surface area contributed by atoms with Crippen LogP contribution in [0.15, 0.2) is 96.5 Å². The van der Waals surface area contributed by atoms with Gasteiger partial charge in [-0.3, -0.25) is 4.84 Å². The van der Waals surface area contributed by atoms with Crippen molar-refractivity contribution in [3.8, 4) is 0 Å². The number of benzene rings is 1. The Labute approximate surface area is 238 Å². The maximum atomic E-state index is 14.4. The molecule has 0 saturated carbocycles. The van der Waals surface area contributed by atoms with E-state index >= 15 is 0 Å². The lowest BCUT2D eigenvalue weighted by Crippen LogP contribution is -2.35. The molecule has 218 valence electrons. The number of hydrogen-bond acceptors (Lipinski definition) is 4. The molecular formula is C33H45F2N3O2. The molecule has 0 bridgehead atoms. The first kappa shape index (κ1) is 33.1. The van der Waals surface area contributed by atoms with Crippen LogP contribution in [0.3, 0.4) is 0 Å². The van der Waals surface area contributed by atoms with Crippen LogP contribution < -0.4 is 5.90 Å². The summed E-state index contributed by atoms with van der Waals surface area (Å²) in [6, 6.07) is 4.97. The summed E-state index contributed by atoms with van der Waals surface area (Å²) in [6.45, 7) is 9.78. The van der Waals surface area contributed by atoms with Crippen LogP contribution in [0.4, 0.5) is 8.78 Å². The number of unbranched alkanes of at least 4 members (excludes halogenated alkanes) is 2. The molecule has 0 spiro atoms. The van der Waals surface area contributed by atoms with Gasteiger partial charge in [0, 0.05) is 25.8 Å². The Bertz CT molecular complexity index is 1120.